The van der Waals surface area contributed by atoms with E-state index in [0.717, 1.165) is 5.39 Å². The number of hydrogen-bond donors (Lipinski definition) is 0. The first kappa shape index (κ1) is 19.6. The summed E-state index contributed by atoms with van der Waals surface area (Å²) in [6.45, 7) is 3.62. The Bertz CT molecular complexity index is 1280. The van der Waals surface area contributed by atoms with Crippen molar-refractivity contribution in [1.82, 2.24) is 0 Å². The van der Waals surface area contributed by atoms with Crippen LogP contribution in [0.2, 0.25) is 0 Å². The average molecular weight is 408 g/mol. The highest BCUT2D eigenvalue weighted by molar-refractivity contribution is 5.96. The van der Waals surface area contributed by atoms with E-state index < -0.39 is 17.7 Å². The van der Waals surface area contributed by atoms with Crippen LogP contribution in [0.1, 0.15) is 13.8 Å². The van der Waals surface area contributed by atoms with Crippen molar-refractivity contribution in [2.24, 2.45) is 0 Å². The van der Waals surface area contributed by atoms with Gasteiger partial charge in [-0.3, -0.25) is 0 Å². The normalized spacial score (nSPS) is 12.1. The smallest absolute Gasteiger partial charge is 0.347 e. The van der Waals surface area contributed by atoms with Crippen molar-refractivity contribution in [1.29, 1.82) is 0 Å². The lowest BCUT2D eigenvalue weighted by Crippen LogP contribution is -2.26. The van der Waals surface area contributed by atoms with Crippen molar-refractivity contribution in [3.05, 3.63) is 59.0 Å². The van der Waals surface area contributed by atoms with E-state index in [1.165, 1.54) is 6.07 Å². The van der Waals surface area contributed by atoms with E-state index in [1.54, 1.807) is 45.2 Å². The number of carbonyl (C=O) groups is 1. The molecule has 4 aromatic rings. The fourth-order valence-corrected chi connectivity index (χ4v) is 3.26. The third kappa shape index (κ3) is 3.61. The van der Waals surface area contributed by atoms with Crippen molar-refractivity contribution in [3.63, 3.8) is 0 Å². The van der Waals surface area contributed by atoms with Crippen LogP contribution in [-0.4, -0.2) is 25.8 Å². The van der Waals surface area contributed by atoms with Crippen LogP contribution in [0.4, 0.5) is 0 Å². The van der Waals surface area contributed by atoms with Crippen molar-refractivity contribution in [2.45, 2.75) is 20.0 Å². The molecule has 7 heteroatoms. The Labute approximate surface area is 171 Å². The summed E-state index contributed by atoms with van der Waals surface area (Å²) in [4.78, 5) is 24.0. The summed E-state index contributed by atoms with van der Waals surface area (Å²) in [5.74, 6) is 1.06. The lowest BCUT2D eigenvalue weighted by molar-refractivity contribution is -0.150. The van der Waals surface area contributed by atoms with Gasteiger partial charge in [-0.1, -0.05) is 12.1 Å². The third-order valence-corrected chi connectivity index (χ3v) is 4.64. The van der Waals surface area contributed by atoms with Crippen molar-refractivity contribution in [2.75, 3.05) is 13.7 Å². The molecule has 0 aliphatic carbocycles. The van der Waals surface area contributed by atoms with Crippen molar-refractivity contribution >= 4 is 27.9 Å². The molecule has 7 nitrogen and oxygen atoms in total. The molecule has 4 rings (SSSR count). The van der Waals surface area contributed by atoms with E-state index >= 15 is 0 Å². The zero-order valence-electron chi connectivity index (χ0n) is 16.8. The summed E-state index contributed by atoms with van der Waals surface area (Å²) in [6, 6.07) is 13.7. The number of para-hydroxylation sites is 1. The molecule has 0 saturated carbocycles. The van der Waals surface area contributed by atoms with E-state index in [-0.39, 0.29) is 6.61 Å². The van der Waals surface area contributed by atoms with Gasteiger partial charge in [-0.2, -0.15) is 0 Å². The molecule has 154 valence electrons. The molecule has 1 atom stereocenters. The Kier molecular flexibility index (Phi) is 5.18. The number of fused-ring (bicyclic) bond motifs is 2. The topological polar surface area (TPSA) is 88.1 Å². The maximum Gasteiger partial charge on any atom is 0.347 e. The monoisotopic (exact) mass is 408 g/mol. The molecule has 0 fully saturated rings. The van der Waals surface area contributed by atoms with Gasteiger partial charge in [0.25, 0.3) is 0 Å². The molecule has 2 aromatic carbocycles. The van der Waals surface area contributed by atoms with Crippen molar-refractivity contribution < 1.29 is 27.8 Å². The zero-order chi connectivity index (χ0) is 21.3. The largest absolute Gasteiger partial charge is 0.493 e. The molecular formula is C23H20O7. The number of hydrogen-bond acceptors (Lipinski definition) is 7. The number of carbonyl (C=O) groups excluding carboxylic acids is 1. The fourth-order valence-electron chi connectivity index (χ4n) is 3.26. The first-order chi connectivity index (χ1) is 14.5. The summed E-state index contributed by atoms with van der Waals surface area (Å²) < 4.78 is 27.4. The summed E-state index contributed by atoms with van der Waals surface area (Å²) >= 11 is 0. The molecule has 0 spiro atoms. The molecule has 2 aromatic heterocycles. The van der Waals surface area contributed by atoms with Crippen LogP contribution < -0.4 is 15.1 Å². The van der Waals surface area contributed by atoms with Crippen LogP contribution in [0.15, 0.2) is 62.2 Å². The van der Waals surface area contributed by atoms with Gasteiger partial charge < -0.3 is 23.0 Å². The molecule has 0 radical (unpaired) electrons. The molecule has 0 bridgehead atoms. The predicted molar refractivity (Wildman–Crippen MR) is 111 cm³/mol. The van der Waals surface area contributed by atoms with Gasteiger partial charge in [0.15, 0.2) is 17.4 Å². The SMILES string of the molecule is CCOC(=O)[C@@H](C)Oc1ccc2oc(=O)cc(-c3cc4cccc(OC)c4o3)c2c1. The van der Waals surface area contributed by atoms with Crippen LogP contribution in [0.25, 0.3) is 33.3 Å². The molecule has 0 amide bonds. The Morgan fingerprint density at radius 2 is 1.93 bits per heavy atom. The predicted octanol–water partition coefficient (Wildman–Crippen LogP) is 4.55. The number of methoxy groups -OCH3 is 1. The standard InChI is InChI=1S/C23H20O7/c1-4-27-23(25)13(2)28-15-8-9-18-16(11-15)17(12-21(24)29-18)20-10-14-6-5-7-19(26-3)22(14)30-20/h5-13H,4H2,1-3H3/t13-/m1/s1. The van der Waals surface area contributed by atoms with Gasteiger partial charge in [0.1, 0.15) is 17.1 Å². The Morgan fingerprint density at radius 3 is 2.70 bits per heavy atom. The number of ether oxygens (including phenoxy) is 3. The second kappa shape index (κ2) is 7.94. The minimum absolute atomic E-state index is 0.273. The van der Waals surface area contributed by atoms with Crippen LogP contribution in [0.5, 0.6) is 11.5 Å². The van der Waals surface area contributed by atoms with Gasteiger partial charge in [0.05, 0.1) is 13.7 Å². The van der Waals surface area contributed by atoms with Gasteiger partial charge in [0.2, 0.25) is 0 Å². The maximum atomic E-state index is 12.1. The summed E-state index contributed by atoms with van der Waals surface area (Å²) in [6.07, 6.45) is -0.781. The molecule has 0 saturated heterocycles. The lowest BCUT2D eigenvalue weighted by Gasteiger charge is -2.14. The van der Waals surface area contributed by atoms with Crippen LogP contribution in [0.3, 0.4) is 0 Å². The van der Waals surface area contributed by atoms with Crippen LogP contribution >= 0.6 is 0 Å². The summed E-state index contributed by atoms with van der Waals surface area (Å²) in [7, 11) is 1.57. The minimum Gasteiger partial charge on any atom is -0.493 e. The highest BCUT2D eigenvalue weighted by Gasteiger charge is 2.18. The summed E-state index contributed by atoms with van der Waals surface area (Å²) in [5, 5.41) is 1.45. The Balaban J connectivity index is 1.81. The van der Waals surface area contributed by atoms with Gasteiger partial charge in [-0.15, -0.1) is 0 Å². The maximum absolute atomic E-state index is 12.1. The quantitative estimate of drug-likeness (QED) is 0.342. The number of furan rings is 1. The molecule has 2 heterocycles. The molecule has 0 aliphatic heterocycles. The number of rotatable bonds is 6. The van der Waals surface area contributed by atoms with E-state index in [2.05, 4.69) is 0 Å². The zero-order valence-corrected chi connectivity index (χ0v) is 16.8. The average Bonchev–Trinajstić information content (AvgIpc) is 3.17. The minimum atomic E-state index is -0.781. The van der Waals surface area contributed by atoms with Gasteiger partial charge in [0, 0.05) is 22.4 Å². The highest BCUT2D eigenvalue weighted by Crippen LogP contribution is 2.36. The molecule has 30 heavy (non-hydrogen) atoms. The van der Waals surface area contributed by atoms with E-state index in [4.69, 9.17) is 23.0 Å². The fraction of sp³-hybridized carbons (Fsp3) is 0.217. The molecule has 0 N–H and O–H groups in total. The second-order valence-corrected chi connectivity index (χ2v) is 6.64. The highest BCUT2D eigenvalue weighted by atomic mass is 16.6. The second-order valence-electron chi connectivity index (χ2n) is 6.64. The van der Waals surface area contributed by atoms with E-state index in [9.17, 15) is 9.59 Å². The first-order valence-electron chi connectivity index (χ1n) is 9.48. The third-order valence-electron chi connectivity index (χ3n) is 4.64. The Morgan fingerprint density at radius 1 is 1.10 bits per heavy atom. The van der Waals surface area contributed by atoms with E-state index in [0.29, 0.717) is 39.4 Å². The molecule has 0 aliphatic rings. The lowest BCUT2D eigenvalue weighted by atomic mass is 10.1. The van der Waals surface area contributed by atoms with E-state index in [1.807, 2.05) is 18.2 Å². The summed E-state index contributed by atoms with van der Waals surface area (Å²) in [5.41, 5.74) is 1.01. The van der Waals surface area contributed by atoms with Crippen molar-refractivity contribution in [3.8, 4) is 22.8 Å². The van der Waals surface area contributed by atoms with Crippen LogP contribution in [0, 0.1) is 0 Å². The van der Waals surface area contributed by atoms with Gasteiger partial charge in [-0.05, 0) is 44.2 Å². The molecular weight excluding hydrogens is 388 g/mol. The number of esters is 1. The van der Waals surface area contributed by atoms with Crippen LogP contribution in [-0.2, 0) is 9.53 Å². The van der Waals surface area contributed by atoms with Gasteiger partial charge >= 0.3 is 11.6 Å². The number of benzene rings is 2. The first-order valence-corrected chi connectivity index (χ1v) is 9.48. The Hall–Kier alpha value is -3.74. The molecule has 0 unspecified atom stereocenters. The van der Waals surface area contributed by atoms with Gasteiger partial charge in [-0.25, -0.2) is 9.59 Å².